The SMILES string of the molecule is COc1ccc(C)cc1C(=O)C1CCCC(=O)C1. The van der Waals surface area contributed by atoms with Gasteiger partial charge in [0.05, 0.1) is 12.7 Å². The standard InChI is InChI=1S/C15H18O3/c1-10-6-7-14(18-2)13(8-10)15(17)11-4-3-5-12(16)9-11/h6-8,11H,3-5,9H2,1-2H3. The van der Waals surface area contributed by atoms with Crippen LogP contribution in [0.5, 0.6) is 5.75 Å². The van der Waals surface area contributed by atoms with Gasteiger partial charge in [-0.15, -0.1) is 0 Å². The summed E-state index contributed by atoms with van der Waals surface area (Å²) in [5.41, 5.74) is 1.64. The largest absolute Gasteiger partial charge is 0.496 e. The minimum Gasteiger partial charge on any atom is -0.496 e. The number of rotatable bonds is 3. The summed E-state index contributed by atoms with van der Waals surface area (Å²) < 4.78 is 5.23. The van der Waals surface area contributed by atoms with Crippen molar-refractivity contribution in [2.75, 3.05) is 7.11 Å². The Hall–Kier alpha value is -1.64. The van der Waals surface area contributed by atoms with Gasteiger partial charge in [0.25, 0.3) is 0 Å². The molecule has 0 amide bonds. The second kappa shape index (κ2) is 5.34. The van der Waals surface area contributed by atoms with E-state index in [9.17, 15) is 9.59 Å². The van der Waals surface area contributed by atoms with Gasteiger partial charge in [-0.05, 0) is 31.9 Å². The number of methoxy groups -OCH3 is 1. The number of benzene rings is 1. The van der Waals surface area contributed by atoms with Crippen LogP contribution >= 0.6 is 0 Å². The summed E-state index contributed by atoms with van der Waals surface area (Å²) in [4.78, 5) is 23.9. The lowest BCUT2D eigenvalue weighted by atomic mass is 9.83. The van der Waals surface area contributed by atoms with Crippen molar-refractivity contribution in [1.29, 1.82) is 0 Å². The fourth-order valence-electron chi connectivity index (χ4n) is 2.48. The highest BCUT2D eigenvalue weighted by Crippen LogP contribution is 2.29. The topological polar surface area (TPSA) is 43.4 Å². The van der Waals surface area contributed by atoms with Crippen molar-refractivity contribution >= 4 is 11.6 Å². The molecule has 1 aliphatic rings. The van der Waals surface area contributed by atoms with Crippen LogP contribution in [0, 0.1) is 12.8 Å². The number of aryl methyl sites for hydroxylation is 1. The van der Waals surface area contributed by atoms with Crippen molar-refractivity contribution in [3.8, 4) is 5.75 Å². The maximum atomic E-state index is 12.4. The first-order valence-corrected chi connectivity index (χ1v) is 6.32. The van der Waals surface area contributed by atoms with E-state index in [0.29, 0.717) is 24.2 Å². The zero-order chi connectivity index (χ0) is 13.1. The minimum atomic E-state index is -0.165. The van der Waals surface area contributed by atoms with Crippen LogP contribution in [0.25, 0.3) is 0 Å². The molecule has 1 aromatic carbocycles. The van der Waals surface area contributed by atoms with Crippen LogP contribution in [0.15, 0.2) is 18.2 Å². The van der Waals surface area contributed by atoms with Crippen LogP contribution in [-0.4, -0.2) is 18.7 Å². The molecule has 2 rings (SSSR count). The lowest BCUT2D eigenvalue weighted by molar-refractivity contribution is -0.121. The smallest absolute Gasteiger partial charge is 0.170 e. The summed E-state index contributed by atoms with van der Waals surface area (Å²) >= 11 is 0. The minimum absolute atomic E-state index is 0.0450. The van der Waals surface area contributed by atoms with E-state index in [1.165, 1.54) is 0 Å². The Kier molecular flexibility index (Phi) is 3.80. The second-order valence-electron chi connectivity index (χ2n) is 4.90. The van der Waals surface area contributed by atoms with Gasteiger partial charge in [0, 0.05) is 18.8 Å². The number of hydrogen-bond donors (Lipinski definition) is 0. The van der Waals surface area contributed by atoms with Gasteiger partial charge < -0.3 is 4.74 Å². The molecule has 1 saturated carbocycles. The van der Waals surface area contributed by atoms with E-state index in [4.69, 9.17) is 4.74 Å². The van der Waals surface area contributed by atoms with Gasteiger partial charge in [-0.3, -0.25) is 9.59 Å². The lowest BCUT2D eigenvalue weighted by Gasteiger charge is -2.20. The number of hydrogen-bond acceptors (Lipinski definition) is 3. The highest BCUT2D eigenvalue weighted by atomic mass is 16.5. The Labute approximate surface area is 107 Å². The van der Waals surface area contributed by atoms with Crippen molar-refractivity contribution in [3.63, 3.8) is 0 Å². The van der Waals surface area contributed by atoms with Crippen LogP contribution in [0.4, 0.5) is 0 Å². The first-order valence-electron chi connectivity index (χ1n) is 6.32. The van der Waals surface area contributed by atoms with E-state index in [-0.39, 0.29) is 17.5 Å². The first kappa shape index (κ1) is 12.8. The molecular weight excluding hydrogens is 228 g/mol. The summed E-state index contributed by atoms with van der Waals surface area (Å²) in [6.07, 6.45) is 2.63. The molecule has 1 unspecified atom stereocenters. The van der Waals surface area contributed by atoms with E-state index in [2.05, 4.69) is 0 Å². The van der Waals surface area contributed by atoms with E-state index in [1.807, 2.05) is 25.1 Å². The molecule has 0 radical (unpaired) electrons. The zero-order valence-electron chi connectivity index (χ0n) is 10.9. The van der Waals surface area contributed by atoms with Crippen molar-refractivity contribution in [2.24, 2.45) is 5.92 Å². The van der Waals surface area contributed by atoms with Crippen molar-refractivity contribution in [3.05, 3.63) is 29.3 Å². The van der Waals surface area contributed by atoms with Crippen molar-refractivity contribution in [1.82, 2.24) is 0 Å². The Morgan fingerprint density at radius 1 is 1.39 bits per heavy atom. The summed E-state index contributed by atoms with van der Waals surface area (Å²) in [6, 6.07) is 5.58. The van der Waals surface area contributed by atoms with Crippen LogP contribution in [0.2, 0.25) is 0 Å². The average Bonchev–Trinajstić information content (AvgIpc) is 2.38. The molecule has 3 nitrogen and oxygen atoms in total. The molecule has 18 heavy (non-hydrogen) atoms. The number of ketones is 2. The summed E-state index contributed by atoms with van der Waals surface area (Å²) in [5.74, 6) is 0.681. The molecule has 1 aliphatic carbocycles. The highest BCUT2D eigenvalue weighted by Gasteiger charge is 2.28. The van der Waals surface area contributed by atoms with Gasteiger partial charge >= 0.3 is 0 Å². The van der Waals surface area contributed by atoms with E-state index < -0.39 is 0 Å². The van der Waals surface area contributed by atoms with Gasteiger partial charge in [-0.2, -0.15) is 0 Å². The quantitative estimate of drug-likeness (QED) is 0.770. The predicted octanol–water partition coefficient (Wildman–Crippen LogP) is 2.95. The maximum Gasteiger partial charge on any atom is 0.170 e. The van der Waals surface area contributed by atoms with Crippen LogP contribution in [-0.2, 0) is 4.79 Å². The molecule has 0 N–H and O–H groups in total. The van der Waals surface area contributed by atoms with Gasteiger partial charge in [0.2, 0.25) is 0 Å². The molecule has 0 heterocycles. The molecule has 0 aromatic heterocycles. The second-order valence-corrected chi connectivity index (χ2v) is 4.90. The monoisotopic (exact) mass is 246 g/mol. The average molecular weight is 246 g/mol. The van der Waals surface area contributed by atoms with Gasteiger partial charge in [0.15, 0.2) is 5.78 Å². The molecule has 0 bridgehead atoms. The molecule has 0 aliphatic heterocycles. The Morgan fingerprint density at radius 2 is 2.17 bits per heavy atom. The molecule has 0 saturated heterocycles. The van der Waals surface area contributed by atoms with E-state index in [1.54, 1.807) is 7.11 Å². The molecule has 1 aromatic rings. The van der Waals surface area contributed by atoms with Gasteiger partial charge in [-0.25, -0.2) is 0 Å². The molecule has 0 spiro atoms. The third-order valence-corrected chi connectivity index (χ3v) is 3.47. The molecule has 1 fully saturated rings. The number of ether oxygens (including phenoxy) is 1. The summed E-state index contributed by atoms with van der Waals surface area (Å²) in [5, 5.41) is 0. The highest BCUT2D eigenvalue weighted by molar-refractivity contribution is 6.02. The fraction of sp³-hybridized carbons (Fsp3) is 0.467. The number of Topliss-reactive ketones (excluding diaryl/α,β-unsaturated/α-hetero) is 2. The first-order chi connectivity index (χ1) is 8.61. The molecular formula is C15H18O3. The number of carbonyl (C=O) groups is 2. The molecule has 3 heteroatoms. The molecule has 96 valence electrons. The lowest BCUT2D eigenvalue weighted by Crippen LogP contribution is -2.23. The van der Waals surface area contributed by atoms with Crippen LogP contribution < -0.4 is 4.74 Å². The third kappa shape index (κ3) is 2.61. The summed E-state index contributed by atoms with van der Waals surface area (Å²) in [7, 11) is 1.56. The Balaban J connectivity index is 2.27. The van der Waals surface area contributed by atoms with Crippen molar-refractivity contribution in [2.45, 2.75) is 32.6 Å². The van der Waals surface area contributed by atoms with E-state index >= 15 is 0 Å². The zero-order valence-corrected chi connectivity index (χ0v) is 10.9. The predicted molar refractivity (Wildman–Crippen MR) is 69.0 cm³/mol. The Morgan fingerprint density at radius 3 is 2.83 bits per heavy atom. The number of carbonyl (C=O) groups excluding carboxylic acids is 2. The van der Waals surface area contributed by atoms with Crippen molar-refractivity contribution < 1.29 is 14.3 Å². The Bertz CT molecular complexity index is 477. The van der Waals surface area contributed by atoms with Crippen LogP contribution in [0.3, 0.4) is 0 Å². The van der Waals surface area contributed by atoms with Crippen LogP contribution in [0.1, 0.15) is 41.6 Å². The normalized spacial score (nSPS) is 19.7. The van der Waals surface area contributed by atoms with Gasteiger partial charge in [-0.1, -0.05) is 11.6 Å². The fourth-order valence-corrected chi connectivity index (χ4v) is 2.48. The van der Waals surface area contributed by atoms with E-state index in [0.717, 1.165) is 18.4 Å². The third-order valence-electron chi connectivity index (χ3n) is 3.47. The molecule has 1 atom stereocenters. The summed E-state index contributed by atoms with van der Waals surface area (Å²) in [6.45, 7) is 1.95. The van der Waals surface area contributed by atoms with Gasteiger partial charge in [0.1, 0.15) is 11.5 Å². The maximum absolute atomic E-state index is 12.4.